The van der Waals surface area contributed by atoms with Gasteiger partial charge < -0.3 is 20.6 Å². The van der Waals surface area contributed by atoms with Crippen molar-refractivity contribution in [1.29, 1.82) is 0 Å². The van der Waals surface area contributed by atoms with Crippen LogP contribution in [0.3, 0.4) is 0 Å². The number of rotatable bonds is 3. The smallest absolute Gasteiger partial charge is 0.407 e. The van der Waals surface area contributed by atoms with Crippen LogP contribution in [0.4, 0.5) is 10.5 Å². The number of nitrogens with zero attached hydrogens (tertiary/aromatic N) is 1. The molecular formula is C16H21N3O3. The van der Waals surface area contributed by atoms with Crippen LogP contribution in [0.1, 0.15) is 24.3 Å². The van der Waals surface area contributed by atoms with Crippen molar-refractivity contribution in [1.82, 2.24) is 10.2 Å². The van der Waals surface area contributed by atoms with Gasteiger partial charge in [-0.25, -0.2) is 4.79 Å². The van der Waals surface area contributed by atoms with E-state index < -0.39 is 6.09 Å². The zero-order valence-corrected chi connectivity index (χ0v) is 12.4. The monoisotopic (exact) mass is 303 g/mol. The normalized spacial score (nSPS) is 19.5. The highest BCUT2D eigenvalue weighted by Gasteiger charge is 2.25. The number of benzene rings is 1. The Morgan fingerprint density at radius 2 is 1.77 bits per heavy atom. The van der Waals surface area contributed by atoms with Crippen LogP contribution in [-0.4, -0.2) is 48.2 Å². The van der Waals surface area contributed by atoms with Gasteiger partial charge in [-0.2, -0.15) is 0 Å². The van der Waals surface area contributed by atoms with E-state index in [2.05, 4.69) is 10.6 Å². The van der Waals surface area contributed by atoms with E-state index in [4.69, 9.17) is 5.11 Å². The van der Waals surface area contributed by atoms with Crippen LogP contribution in [0.5, 0.6) is 0 Å². The quantitative estimate of drug-likeness (QED) is 0.794. The molecule has 1 aromatic carbocycles. The van der Waals surface area contributed by atoms with E-state index in [0.29, 0.717) is 19.0 Å². The van der Waals surface area contributed by atoms with E-state index in [1.807, 2.05) is 24.3 Å². The SMILES string of the molecule is O=C(Nc1ccc(C2CCN(C(=O)O)CC2)cc1)C1CNC1. The summed E-state index contributed by atoms with van der Waals surface area (Å²) >= 11 is 0. The molecule has 0 saturated carbocycles. The fourth-order valence-electron chi connectivity index (χ4n) is 2.96. The molecule has 0 aliphatic carbocycles. The van der Waals surface area contributed by atoms with Crippen LogP contribution >= 0.6 is 0 Å². The van der Waals surface area contributed by atoms with Crippen LogP contribution in [-0.2, 0) is 4.79 Å². The fraction of sp³-hybridized carbons (Fsp3) is 0.500. The minimum atomic E-state index is -0.831. The summed E-state index contributed by atoms with van der Waals surface area (Å²) < 4.78 is 0. The van der Waals surface area contributed by atoms with Gasteiger partial charge in [-0.05, 0) is 36.5 Å². The van der Waals surface area contributed by atoms with Crippen molar-refractivity contribution in [2.45, 2.75) is 18.8 Å². The van der Waals surface area contributed by atoms with Gasteiger partial charge in [0.2, 0.25) is 5.91 Å². The molecule has 1 aromatic rings. The summed E-state index contributed by atoms with van der Waals surface area (Å²) in [6.45, 7) is 2.69. The van der Waals surface area contributed by atoms with Crippen molar-refractivity contribution in [3.8, 4) is 0 Å². The molecule has 2 aliphatic heterocycles. The summed E-state index contributed by atoms with van der Waals surface area (Å²) in [4.78, 5) is 24.2. The molecule has 6 heteroatoms. The number of carbonyl (C=O) groups excluding carboxylic acids is 1. The Kier molecular flexibility index (Phi) is 4.29. The molecule has 0 spiro atoms. The Labute approximate surface area is 129 Å². The van der Waals surface area contributed by atoms with Gasteiger partial charge in [0.25, 0.3) is 0 Å². The van der Waals surface area contributed by atoms with Gasteiger partial charge in [0.05, 0.1) is 5.92 Å². The number of carboxylic acid groups (broad SMARTS) is 1. The van der Waals surface area contributed by atoms with Gasteiger partial charge in [-0.1, -0.05) is 12.1 Å². The molecule has 22 heavy (non-hydrogen) atoms. The van der Waals surface area contributed by atoms with Crippen LogP contribution < -0.4 is 10.6 Å². The molecule has 3 N–H and O–H groups in total. The van der Waals surface area contributed by atoms with Crippen molar-refractivity contribution in [3.63, 3.8) is 0 Å². The third kappa shape index (κ3) is 3.22. The lowest BCUT2D eigenvalue weighted by atomic mass is 9.89. The van der Waals surface area contributed by atoms with Gasteiger partial charge in [-0.15, -0.1) is 0 Å². The summed E-state index contributed by atoms with van der Waals surface area (Å²) in [6.07, 6.45) is 0.874. The van der Waals surface area contributed by atoms with Gasteiger partial charge in [0.1, 0.15) is 0 Å². The molecule has 2 heterocycles. The fourth-order valence-corrected chi connectivity index (χ4v) is 2.96. The maximum atomic E-state index is 11.9. The first-order valence-corrected chi connectivity index (χ1v) is 7.73. The Morgan fingerprint density at radius 3 is 2.27 bits per heavy atom. The molecule has 118 valence electrons. The third-order valence-electron chi connectivity index (χ3n) is 4.57. The largest absolute Gasteiger partial charge is 0.465 e. The average Bonchev–Trinajstić information content (AvgIpc) is 2.46. The second-order valence-electron chi connectivity index (χ2n) is 6.01. The van der Waals surface area contributed by atoms with Gasteiger partial charge >= 0.3 is 6.09 Å². The van der Waals surface area contributed by atoms with Crippen molar-refractivity contribution in [2.24, 2.45) is 5.92 Å². The molecule has 6 nitrogen and oxygen atoms in total. The minimum Gasteiger partial charge on any atom is -0.465 e. The molecule has 3 rings (SSSR count). The topological polar surface area (TPSA) is 81.7 Å². The maximum Gasteiger partial charge on any atom is 0.407 e. The first-order chi connectivity index (χ1) is 10.6. The van der Waals surface area contributed by atoms with Crippen molar-refractivity contribution in [2.75, 3.05) is 31.5 Å². The number of anilines is 1. The van der Waals surface area contributed by atoms with E-state index in [0.717, 1.165) is 31.6 Å². The molecular weight excluding hydrogens is 282 g/mol. The van der Waals surface area contributed by atoms with Gasteiger partial charge in [0.15, 0.2) is 0 Å². The number of likely N-dealkylation sites (tertiary alicyclic amines) is 1. The number of piperidine rings is 1. The Morgan fingerprint density at radius 1 is 1.14 bits per heavy atom. The summed E-state index contributed by atoms with van der Waals surface area (Å²) in [7, 11) is 0. The number of amides is 2. The van der Waals surface area contributed by atoms with Crippen molar-refractivity contribution in [3.05, 3.63) is 29.8 Å². The molecule has 0 radical (unpaired) electrons. The lowest BCUT2D eigenvalue weighted by molar-refractivity contribution is -0.121. The lowest BCUT2D eigenvalue weighted by Crippen LogP contribution is -2.48. The molecule has 0 aromatic heterocycles. The maximum absolute atomic E-state index is 11.9. The first-order valence-electron chi connectivity index (χ1n) is 7.73. The van der Waals surface area contributed by atoms with E-state index in [1.54, 1.807) is 0 Å². The molecule has 2 saturated heterocycles. The second kappa shape index (κ2) is 6.36. The van der Waals surface area contributed by atoms with E-state index in [-0.39, 0.29) is 11.8 Å². The number of hydrogen-bond donors (Lipinski definition) is 3. The molecule has 0 unspecified atom stereocenters. The summed E-state index contributed by atoms with van der Waals surface area (Å²) in [5.74, 6) is 0.553. The molecule has 0 bridgehead atoms. The lowest BCUT2D eigenvalue weighted by Gasteiger charge is -2.30. The van der Waals surface area contributed by atoms with Gasteiger partial charge in [-0.3, -0.25) is 4.79 Å². The molecule has 0 atom stereocenters. The number of hydrogen-bond acceptors (Lipinski definition) is 3. The summed E-state index contributed by atoms with van der Waals surface area (Å²) in [5.41, 5.74) is 2.04. The van der Waals surface area contributed by atoms with Crippen molar-refractivity contribution >= 4 is 17.7 Å². The standard InChI is InChI=1S/C16H21N3O3/c20-15(13-9-17-10-13)18-14-3-1-11(2-4-14)12-5-7-19(8-6-12)16(21)22/h1-4,12-13,17H,5-10H2,(H,18,20)(H,21,22). The van der Waals surface area contributed by atoms with E-state index >= 15 is 0 Å². The minimum absolute atomic E-state index is 0.0706. The van der Waals surface area contributed by atoms with Crippen LogP contribution in [0, 0.1) is 5.92 Å². The Bertz CT molecular complexity index is 546. The van der Waals surface area contributed by atoms with Crippen molar-refractivity contribution < 1.29 is 14.7 Å². The molecule has 2 amide bonds. The number of nitrogens with one attached hydrogen (secondary N) is 2. The van der Waals surface area contributed by atoms with Gasteiger partial charge in [0, 0.05) is 31.9 Å². The molecule has 2 fully saturated rings. The van der Waals surface area contributed by atoms with E-state index in [9.17, 15) is 9.59 Å². The first kappa shape index (κ1) is 14.8. The van der Waals surface area contributed by atoms with E-state index in [1.165, 1.54) is 10.5 Å². The number of carbonyl (C=O) groups is 2. The summed E-state index contributed by atoms with van der Waals surface area (Å²) in [5, 5.41) is 15.0. The predicted octanol–water partition coefficient (Wildman–Crippen LogP) is 1.70. The zero-order chi connectivity index (χ0) is 15.5. The van der Waals surface area contributed by atoms with Crippen LogP contribution in [0.25, 0.3) is 0 Å². The average molecular weight is 303 g/mol. The highest BCUT2D eigenvalue weighted by atomic mass is 16.4. The van der Waals surface area contributed by atoms with Crippen LogP contribution in [0.15, 0.2) is 24.3 Å². The Balaban J connectivity index is 1.55. The third-order valence-corrected chi connectivity index (χ3v) is 4.57. The van der Waals surface area contributed by atoms with Crippen LogP contribution in [0.2, 0.25) is 0 Å². The second-order valence-corrected chi connectivity index (χ2v) is 6.01. The highest BCUT2D eigenvalue weighted by Crippen LogP contribution is 2.28. The predicted molar refractivity (Wildman–Crippen MR) is 83.0 cm³/mol. The summed E-state index contributed by atoms with van der Waals surface area (Å²) in [6, 6.07) is 7.94. The molecule has 2 aliphatic rings. The highest BCUT2D eigenvalue weighted by molar-refractivity contribution is 5.93. The zero-order valence-electron chi connectivity index (χ0n) is 12.4. The Hall–Kier alpha value is -2.08.